The minimum atomic E-state index is -0.412. The molecule has 2 heterocycles. The highest BCUT2D eigenvalue weighted by Crippen LogP contribution is 2.32. The zero-order valence-corrected chi connectivity index (χ0v) is 16.9. The Morgan fingerprint density at radius 3 is 2.61 bits per heavy atom. The third-order valence-electron chi connectivity index (χ3n) is 5.05. The molecule has 31 heavy (non-hydrogen) atoms. The Bertz CT molecular complexity index is 1320. The summed E-state index contributed by atoms with van der Waals surface area (Å²) in [5.74, 6) is 1.25. The van der Waals surface area contributed by atoms with Gasteiger partial charge in [-0.25, -0.2) is 4.98 Å². The van der Waals surface area contributed by atoms with Gasteiger partial charge < -0.3 is 4.90 Å². The van der Waals surface area contributed by atoms with Crippen molar-refractivity contribution in [3.05, 3.63) is 88.1 Å². The summed E-state index contributed by atoms with van der Waals surface area (Å²) < 4.78 is 0. The van der Waals surface area contributed by atoms with Crippen LogP contribution < -0.4 is 4.90 Å². The van der Waals surface area contributed by atoms with Gasteiger partial charge in [0.15, 0.2) is 5.82 Å². The number of aryl methyl sites for hydroxylation is 1. The predicted molar refractivity (Wildman–Crippen MR) is 118 cm³/mol. The number of nitro groups is 1. The average Bonchev–Trinajstić information content (AvgIpc) is 3.28. The number of aromatic amines is 1. The number of pyridine rings is 1. The number of para-hydroxylation sites is 1. The van der Waals surface area contributed by atoms with Crippen LogP contribution in [0.5, 0.6) is 0 Å². The van der Waals surface area contributed by atoms with Crippen LogP contribution in [0, 0.1) is 28.4 Å². The molecule has 0 atom stereocenters. The first-order valence-electron chi connectivity index (χ1n) is 9.48. The van der Waals surface area contributed by atoms with E-state index in [-0.39, 0.29) is 5.69 Å². The lowest BCUT2D eigenvalue weighted by Gasteiger charge is -2.16. The van der Waals surface area contributed by atoms with Gasteiger partial charge in [-0.1, -0.05) is 18.2 Å². The van der Waals surface area contributed by atoms with E-state index in [1.807, 2.05) is 38.2 Å². The SMILES string of the molecule is Cc1cc(C#N)ccc1-c1ccnc(N(C)c2cc(-c3ccccc3[N+](=O)[O-])[nH]n2)c1. The van der Waals surface area contributed by atoms with Gasteiger partial charge >= 0.3 is 0 Å². The number of H-pyrrole nitrogens is 1. The second-order valence-electron chi connectivity index (χ2n) is 7.02. The van der Waals surface area contributed by atoms with Gasteiger partial charge in [-0.15, -0.1) is 0 Å². The number of nitrogens with zero attached hydrogens (tertiary/aromatic N) is 5. The van der Waals surface area contributed by atoms with E-state index >= 15 is 0 Å². The van der Waals surface area contributed by atoms with Crippen molar-refractivity contribution in [3.63, 3.8) is 0 Å². The first kappa shape index (κ1) is 19.8. The highest BCUT2D eigenvalue weighted by molar-refractivity contribution is 5.75. The molecule has 0 radical (unpaired) electrons. The summed E-state index contributed by atoms with van der Waals surface area (Å²) >= 11 is 0. The van der Waals surface area contributed by atoms with Crippen LogP contribution in [-0.4, -0.2) is 27.2 Å². The fourth-order valence-corrected chi connectivity index (χ4v) is 3.43. The molecule has 2 aromatic carbocycles. The molecule has 0 aliphatic carbocycles. The van der Waals surface area contributed by atoms with Gasteiger partial charge in [0.05, 0.1) is 27.8 Å². The van der Waals surface area contributed by atoms with Crippen LogP contribution in [0.25, 0.3) is 22.4 Å². The zero-order chi connectivity index (χ0) is 22.0. The second-order valence-corrected chi connectivity index (χ2v) is 7.02. The van der Waals surface area contributed by atoms with Gasteiger partial charge in [0.2, 0.25) is 0 Å². The molecule has 4 rings (SSSR count). The van der Waals surface area contributed by atoms with E-state index in [0.29, 0.717) is 28.5 Å². The number of nitrogens with one attached hydrogen (secondary N) is 1. The quantitative estimate of drug-likeness (QED) is 0.366. The Morgan fingerprint density at radius 1 is 1.06 bits per heavy atom. The van der Waals surface area contributed by atoms with Gasteiger partial charge in [0.1, 0.15) is 5.82 Å². The van der Waals surface area contributed by atoms with Crippen molar-refractivity contribution in [1.82, 2.24) is 15.2 Å². The molecular formula is C23H18N6O2. The summed E-state index contributed by atoms with van der Waals surface area (Å²) in [7, 11) is 1.83. The molecule has 0 saturated heterocycles. The smallest absolute Gasteiger partial charge is 0.278 e. The zero-order valence-electron chi connectivity index (χ0n) is 16.9. The van der Waals surface area contributed by atoms with E-state index in [0.717, 1.165) is 16.7 Å². The summed E-state index contributed by atoms with van der Waals surface area (Å²) in [5.41, 5.74) is 4.62. The monoisotopic (exact) mass is 410 g/mol. The standard InChI is InChI=1S/C23H18N6O2/c1-15-11-16(14-24)7-8-18(15)17-9-10-25-22(12-17)28(2)23-13-20(26-27-23)19-5-3-4-6-21(19)29(30)31/h3-13H,1-2H3,(H,26,27). The van der Waals surface area contributed by atoms with Crippen molar-refractivity contribution in [2.75, 3.05) is 11.9 Å². The average molecular weight is 410 g/mol. The third kappa shape index (κ3) is 3.84. The van der Waals surface area contributed by atoms with E-state index in [1.54, 1.807) is 41.4 Å². The van der Waals surface area contributed by atoms with Gasteiger partial charge in [0.25, 0.3) is 5.69 Å². The molecule has 2 aromatic heterocycles. The van der Waals surface area contributed by atoms with E-state index in [1.165, 1.54) is 6.07 Å². The Balaban J connectivity index is 1.66. The van der Waals surface area contributed by atoms with Crippen LogP contribution in [0.1, 0.15) is 11.1 Å². The molecule has 0 spiro atoms. The fraction of sp³-hybridized carbons (Fsp3) is 0.0870. The maximum Gasteiger partial charge on any atom is 0.278 e. The van der Waals surface area contributed by atoms with Crippen molar-refractivity contribution in [2.24, 2.45) is 0 Å². The Labute approximate surface area is 178 Å². The lowest BCUT2D eigenvalue weighted by atomic mass is 9.99. The van der Waals surface area contributed by atoms with Crippen LogP contribution in [0.2, 0.25) is 0 Å². The maximum absolute atomic E-state index is 11.3. The van der Waals surface area contributed by atoms with E-state index < -0.39 is 4.92 Å². The molecule has 1 N–H and O–H groups in total. The van der Waals surface area contributed by atoms with E-state index in [2.05, 4.69) is 21.3 Å². The normalized spacial score (nSPS) is 10.5. The number of hydrogen-bond donors (Lipinski definition) is 1. The molecule has 0 unspecified atom stereocenters. The number of rotatable bonds is 5. The highest BCUT2D eigenvalue weighted by atomic mass is 16.6. The molecule has 0 aliphatic heterocycles. The van der Waals surface area contributed by atoms with Crippen LogP contribution in [0.4, 0.5) is 17.3 Å². The van der Waals surface area contributed by atoms with Gasteiger partial charge in [0, 0.05) is 25.4 Å². The van der Waals surface area contributed by atoms with Crippen molar-refractivity contribution < 1.29 is 4.92 Å². The molecule has 0 fully saturated rings. The highest BCUT2D eigenvalue weighted by Gasteiger charge is 2.18. The summed E-state index contributed by atoms with van der Waals surface area (Å²) in [6.07, 6.45) is 1.72. The third-order valence-corrected chi connectivity index (χ3v) is 5.05. The largest absolute Gasteiger partial charge is 0.313 e. The molecule has 8 heteroatoms. The van der Waals surface area contributed by atoms with E-state index in [4.69, 9.17) is 5.26 Å². The molecule has 0 amide bonds. The van der Waals surface area contributed by atoms with Crippen molar-refractivity contribution >= 4 is 17.3 Å². The van der Waals surface area contributed by atoms with Crippen LogP contribution in [-0.2, 0) is 0 Å². The molecule has 0 saturated carbocycles. The summed E-state index contributed by atoms with van der Waals surface area (Å²) in [6.45, 7) is 1.97. The first-order chi connectivity index (χ1) is 15.0. The van der Waals surface area contributed by atoms with Crippen LogP contribution >= 0.6 is 0 Å². The molecule has 8 nitrogen and oxygen atoms in total. The minimum absolute atomic E-state index is 0.0109. The Kier molecular flexibility index (Phi) is 5.16. The Morgan fingerprint density at radius 2 is 1.87 bits per heavy atom. The summed E-state index contributed by atoms with van der Waals surface area (Å²) in [4.78, 5) is 17.2. The lowest BCUT2D eigenvalue weighted by Crippen LogP contribution is -2.11. The second kappa shape index (κ2) is 8.08. The van der Waals surface area contributed by atoms with Crippen molar-refractivity contribution in [2.45, 2.75) is 6.92 Å². The fourth-order valence-electron chi connectivity index (χ4n) is 3.43. The Hall–Kier alpha value is -4.51. The number of anilines is 2. The number of hydrogen-bond acceptors (Lipinski definition) is 6. The van der Waals surface area contributed by atoms with Crippen molar-refractivity contribution in [1.29, 1.82) is 5.26 Å². The molecule has 0 aliphatic rings. The van der Waals surface area contributed by atoms with Gasteiger partial charge in [-0.3, -0.25) is 15.2 Å². The summed E-state index contributed by atoms with van der Waals surface area (Å²) in [5, 5.41) is 27.6. The number of nitriles is 1. The van der Waals surface area contributed by atoms with Gasteiger partial charge in [-0.05, 0) is 53.9 Å². The molecule has 4 aromatic rings. The topological polar surface area (TPSA) is 112 Å². The number of aromatic nitrogens is 3. The minimum Gasteiger partial charge on any atom is -0.313 e. The number of benzene rings is 2. The molecular weight excluding hydrogens is 392 g/mol. The lowest BCUT2D eigenvalue weighted by molar-refractivity contribution is -0.384. The van der Waals surface area contributed by atoms with Crippen molar-refractivity contribution in [3.8, 4) is 28.5 Å². The number of nitro benzene ring substituents is 1. The van der Waals surface area contributed by atoms with Gasteiger partial charge in [-0.2, -0.15) is 10.4 Å². The summed E-state index contributed by atoms with van der Waals surface area (Å²) in [6, 6.07) is 19.8. The molecule has 152 valence electrons. The van der Waals surface area contributed by atoms with Crippen LogP contribution in [0.3, 0.4) is 0 Å². The molecule has 0 bridgehead atoms. The first-order valence-corrected chi connectivity index (χ1v) is 9.48. The predicted octanol–water partition coefficient (Wildman–Crippen LogP) is 4.99. The van der Waals surface area contributed by atoms with Crippen LogP contribution in [0.15, 0.2) is 66.9 Å². The maximum atomic E-state index is 11.3. The van der Waals surface area contributed by atoms with E-state index in [9.17, 15) is 10.1 Å².